The van der Waals surface area contributed by atoms with E-state index in [1.165, 1.54) is 0 Å². The molecule has 0 saturated carbocycles. The van der Waals surface area contributed by atoms with E-state index in [1.54, 1.807) is 4.90 Å². The lowest BCUT2D eigenvalue weighted by Gasteiger charge is -2.18. The fourth-order valence-corrected chi connectivity index (χ4v) is 1.98. The van der Waals surface area contributed by atoms with Crippen LogP contribution in [0, 0.1) is 6.92 Å². The molecule has 2 aromatic rings. The highest BCUT2D eigenvalue weighted by Crippen LogP contribution is 2.10. The van der Waals surface area contributed by atoms with Crippen LogP contribution in [0.3, 0.4) is 0 Å². The first-order valence-corrected chi connectivity index (χ1v) is 7.15. The van der Waals surface area contributed by atoms with Crippen molar-refractivity contribution in [1.82, 2.24) is 25.1 Å². The summed E-state index contributed by atoms with van der Waals surface area (Å²) in [4.78, 5) is 22.8. The van der Waals surface area contributed by atoms with E-state index < -0.39 is 0 Å². The molecule has 2 heterocycles. The summed E-state index contributed by atoms with van der Waals surface area (Å²) in [5.74, 6) is 0.979. The van der Waals surface area contributed by atoms with Gasteiger partial charge in [0.25, 0.3) is 5.91 Å². The number of amides is 1. The number of carbonyl (C=O) groups excluding carboxylic acids is 1. The second kappa shape index (κ2) is 6.47. The van der Waals surface area contributed by atoms with E-state index in [-0.39, 0.29) is 17.6 Å². The number of aromatic nitrogens is 4. The van der Waals surface area contributed by atoms with Crippen LogP contribution >= 0.6 is 0 Å². The lowest BCUT2D eigenvalue weighted by Crippen LogP contribution is -2.31. The summed E-state index contributed by atoms with van der Waals surface area (Å²) in [7, 11) is 0. The van der Waals surface area contributed by atoms with E-state index in [0.29, 0.717) is 13.1 Å². The van der Waals surface area contributed by atoms with Gasteiger partial charge in [-0.25, -0.2) is 4.98 Å². The fraction of sp³-hybridized carbons (Fsp3) is 0.467. The lowest BCUT2D eigenvalue weighted by molar-refractivity contribution is 0.0738. The summed E-state index contributed by atoms with van der Waals surface area (Å²) in [6.07, 6.45) is 0. The zero-order chi connectivity index (χ0) is 15.4. The average Bonchev–Trinajstić information content (AvgIpc) is 2.94. The molecule has 0 aromatic carbocycles. The van der Waals surface area contributed by atoms with Crippen molar-refractivity contribution in [1.29, 1.82) is 0 Å². The van der Waals surface area contributed by atoms with Crippen molar-refractivity contribution in [3.05, 3.63) is 41.2 Å². The largest absolute Gasteiger partial charge is 0.330 e. The maximum Gasteiger partial charge on any atom is 0.293 e. The summed E-state index contributed by atoms with van der Waals surface area (Å²) < 4.78 is 0. The minimum Gasteiger partial charge on any atom is -0.330 e. The molecule has 0 fully saturated rings. The maximum atomic E-state index is 12.5. The maximum absolute atomic E-state index is 12.5. The molecule has 1 amide bonds. The Kier molecular flexibility index (Phi) is 4.67. The van der Waals surface area contributed by atoms with Gasteiger partial charge in [0.15, 0.2) is 0 Å². The molecule has 2 rings (SSSR count). The van der Waals surface area contributed by atoms with Gasteiger partial charge in [0, 0.05) is 18.2 Å². The topological polar surface area (TPSA) is 74.8 Å². The molecule has 6 nitrogen and oxygen atoms in total. The van der Waals surface area contributed by atoms with Crippen molar-refractivity contribution < 1.29 is 4.79 Å². The minimum absolute atomic E-state index is 0.177. The first-order valence-electron chi connectivity index (χ1n) is 7.15. The molecule has 0 unspecified atom stereocenters. The molecule has 0 aliphatic heterocycles. The molecule has 1 N–H and O–H groups in total. The van der Waals surface area contributed by atoms with Crippen LogP contribution in [-0.4, -0.2) is 37.5 Å². The van der Waals surface area contributed by atoms with Gasteiger partial charge in [-0.05, 0) is 26.0 Å². The molecule has 0 bridgehead atoms. The number of H-pyrrole nitrogens is 1. The molecule has 0 atom stereocenters. The Morgan fingerprint density at radius 2 is 2.10 bits per heavy atom. The smallest absolute Gasteiger partial charge is 0.293 e. The number of nitrogens with zero attached hydrogens (tertiary/aromatic N) is 4. The second-order valence-corrected chi connectivity index (χ2v) is 5.29. The SMILES string of the molecule is CCN(Cc1cccc(C)n1)C(=O)c1n[nH]c(C(C)C)n1. The van der Waals surface area contributed by atoms with Crippen LogP contribution in [0.4, 0.5) is 0 Å². The number of pyridine rings is 1. The van der Waals surface area contributed by atoms with Crippen molar-refractivity contribution in [2.45, 2.75) is 40.2 Å². The highest BCUT2D eigenvalue weighted by atomic mass is 16.2. The minimum atomic E-state index is -0.177. The predicted molar refractivity (Wildman–Crippen MR) is 79.9 cm³/mol. The molecular formula is C15H21N5O. The van der Waals surface area contributed by atoms with Gasteiger partial charge in [-0.2, -0.15) is 0 Å². The third kappa shape index (κ3) is 3.65. The molecule has 6 heteroatoms. The van der Waals surface area contributed by atoms with Crippen LogP contribution in [0.5, 0.6) is 0 Å². The average molecular weight is 287 g/mol. The molecule has 21 heavy (non-hydrogen) atoms. The monoisotopic (exact) mass is 287 g/mol. The van der Waals surface area contributed by atoms with Gasteiger partial charge in [-0.1, -0.05) is 19.9 Å². The molecular weight excluding hydrogens is 266 g/mol. The van der Waals surface area contributed by atoms with Crippen LogP contribution in [0.1, 0.15) is 54.5 Å². The Morgan fingerprint density at radius 3 is 2.67 bits per heavy atom. The number of hydrogen-bond donors (Lipinski definition) is 1. The van der Waals surface area contributed by atoms with Gasteiger partial charge in [-0.15, -0.1) is 5.10 Å². The predicted octanol–water partition coefficient (Wildman–Crippen LogP) is 2.29. The Hall–Kier alpha value is -2.24. The van der Waals surface area contributed by atoms with Gasteiger partial charge in [-0.3, -0.25) is 14.9 Å². The van der Waals surface area contributed by atoms with Crippen molar-refractivity contribution in [2.24, 2.45) is 0 Å². The Morgan fingerprint density at radius 1 is 1.33 bits per heavy atom. The van der Waals surface area contributed by atoms with Gasteiger partial charge in [0.1, 0.15) is 5.82 Å². The molecule has 0 aliphatic carbocycles. The molecule has 2 aromatic heterocycles. The number of carbonyl (C=O) groups is 1. The number of aromatic amines is 1. The summed E-state index contributed by atoms with van der Waals surface area (Å²) in [5, 5.41) is 6.83. The summed E-state index contributed by atoms with van der Waals surface area (Å²) in [6, 6.07) is 5.80. The van der Waals surface area contributed by atoms with Gasteiger partial charge in [0.05, 0.1) is 12.2 Å². The first-order chi connectivity index (χ1) is 10.0. The van der Waals surface area contributed by atoms with E-state index >= 15 is 0 Å². The van der Waals surface area contributed by atoms with Crippen LogP contribution in [0.25, 0.3) is 0 Å². The van der Waals surface area contributed by atoms with Crippen molar-refractivity contribution in [3.8, 4) is 0 Å². The summed E-state index contributed by atoms with van der Waals surface area (Å²) in [6.45, 7) is 8.92. The van der Waals surface area contributed by atoms with E-state index in [2.05, 4.69) is 20.2 Å². The highest BCUT2D eigenvalue weighted by Gasteiger charge is 2.20. The van der Waals surface area contributed by atoms with Crippen LogP contribution in [-0.2, 0) is 6.54 Å². The van der Waals surface area contributed by atoms with Crippen molar-refractivity contribution in [2.75, 3.05) is 6.54 Å². The Balaban J connectivity index is 2.14. The highest BCUT2D eigenvalue weighted by molar-refractivity contribution is 5.90. The third-order valence-electron chi connectivity index (χ3n) is 3.21. The van der Waals surface area contributed by atoms with Gasteiger partial charge < -0.3 is 4.90 Å². The van der Waals surface area contributed by atoms with E-state index in [0.717, 1.165) is 17.2 Å². The third-order valence-corrected chi connectivity index (χ3v) is 3.21. The second-order valence-electron chi connectivity index (χ2n) is 5.29. The van der Waals surface area contributed by atoms with E-state index in [1.807, 2.05) is 45.9 Å². The lowest BCUT2D eigenvalue weighted by atomic mass is 10.2. The number of aryl methyl sites for hydroxylation is 1. The number of hydrogen-bond acceptors (Lipinski definition) is 4. The van der Waals surface area contributed by atoms with Crippen LogP contribution in [0.15, 0.2) is 18.2 Å². The zero-order valence-corrected chi connectivity index (χ0v) is 12.9. The standard InChI is InChI=1S/C15H21N5O/c1-5-20(9-12-8-6-7-11(4)16-12)15(21)14-17-13(10(2)3)18-19-14/h6-8,10H,5,9H2,1-4H3,(H,17,18,19). The quantitative estimate of drug-likeness (QED) is 0.915. The van der Waals surface area contributed by atoms with Crippen LogP contribution in [0.2, 0.25) is 0 Å². The van der Waals surface area contributed by atoms with Crippen molar-refractivity contribution in [3.63, 3.8) is 0 Å². The van der Waals surface area contributed by atoms with E-state index in [9.17, 15) is 4.79 Å². The number of rotatable bonds is 5. The van der Waals surface area contributed by atoms with Crippen LogP contribution < -0.4 is 0 Å². The molecule has 112 valence electrons. The Labute approximate surface area is 124 Å². The van der Waals surface area contributed by atoms with Crippen molar-refractivity contribution >= 4 is 5.91 Å². The molecule has 0 spiro atoms. The fourth-order valence-electron chi connectivity index (χ4n) is 1.98. The molecule has 0 radical (unpaired) electrons. The number of nitrogens with one attached hydrogen (secondary N) is 1. The van der Waals surface area contributed by atoms with Gasteiger partial charge >= 0.3 is 0 Å². The van der Waals surface area contributed by atoms with Gasteiger partial charge in [0.2, 0.25) is 5.82 Å². The Bertz CT molecular complexity index is 620. The normalized spacial score (nSPS) is 10.9. The first kappa shape index (κ1) is 15.2. The summed E-state index contributed by atoms with van der Waals surface area (Å²) >= 11 is 0. The molecule has 0 aliphatic rings. The zero-order valence-electron chi connectivity index (χ0n) is 12.9. The summed E-state index contributed by atoms with van der Waals surface area (Å²) in [5.41, 5.74) is 1.81. The van der Waals surface area contributed by atoms with E-state index in [4.69, 9.17) is 0 Å². The molecule has 0 saturated heterocycles.